The topological polar surface area (TPSA) is 15.3 Å². The average Bonchev–Trinajstić information content (AvgIpc) is 2.66. The maximum absolute atomic E-state index is 5.95. The number of piperidine rings is 1. The molecule has 0 saturated carbocycles. The molecule has 2 aliphatic heterocycles. The fourth-order valence-corrected chi connectivity index (χ4v) is 3.63. The van der Waals surface area contributed by atoms with Gasteiger partial charge in [0, 0.05) is 36.4 Å². The van der Waals surface area contributed by atoms with Crippen molar-refractivity contribution in [2.45, 2.75) is 26.3 Å². The van der Waals surface area contributed by atoms with Crippen LogP contribution in [0.1, 0.15) is 20.3 Å². The number of hydrogen-bond donors (Lipinski definition) is 1. The van der Waals surface area contributed by atoms with E-state index < -0.39 is 0 Å². The van der Waals surface area contributed by atoms with Crippen molar-refractivity contribution in [3.8, 4) is 0 Å². The van der Waals surface area contributed by atoms with Crippen LogP contribution in [0.3, 0.4) is 0 Å². The zero-order chi connectivity index (χ0) is 12.8. The van der Waals surface area contributed by atoms with Gasteiger partial charge in [0.25, 0.3) is 0 Å². The molecule has 1 N–H and O–H groups in total. The minimum atomic E-state index is 0.455. The number of fused-ring (bicyclic) bond motifs is 1. The van der Waals surface area contributed by atoms with Gasteiger partial charge in [-0.15, -0.1) is 0 Å². The van der Waals surface area contributed by atoms with Crippen LogP contribution in [0.4, 0.5) is 5.69 Å². The molecule has 2 nitrogen and oxygen atoms in total. The number of rotatable bonds is 1. The molecule has 0 amide bonds. The lowest BCUT2D eigenvalue weighted by atomic mass is 9.75. The van der Waals surface area contributed by atoms with Gasteiger partial charge in [0.2, 0.25) is 0 Å². The number of anilines is 1. The van der Waals surface area contributed by atoms with Crippen LogP contribution >= 0.6 is 11.6 Å². The molecule has 1 aromatic carbocycles. The van der Waals surface area contributed by atoms with Crippen LogP contribution in [0.25, 0.3) is 0 Å². The Balaban J connectivity index is 1.74. The molecule has 2 saturated heterocycles. The third-order valence-electron chi connectivity index (χ3n) is 4.63. The second-order valence-corrected chi connectivity index (χ2v) is 6.73. The van der Waals surface area contributed by atoms with Crippen molar-refractivity contribution in [1.82, 2.24) is 5.32 Å². The fraction of sp³-hybridized carbons (Fsp3) is 0.600. The van der Waals surface area contributed by atoms with Crippen molar-refractivity contribution >= 4 is 17.3 Å². The Morgan fingerprint density at radius 2 is 2.00 bits per heavy atom. The number of nitrogens with zero attached hydrogens (tertiary/aromatic N) is 1. The molecule has 2 aliphatic rings. The van der Waals surface area contributed by atoms with E-state index in [0.29, 0.717) is 11.5 Å². The van der Waals surface area contributed by atoms with Gasteiger partial charge in [0.05, 0.1) is 0 Å². The molecular weight excluding hydrogens is 244 g/mol. The zero-order valence-corrected chi connectivity index (χ0v) is 11.9. The highest BCUT2D eigenvalue weighted by atomic mass is 35.5. The minimum Gasteiger partial charge on any atom is -0.370 e. The molecule has 3 rings (SSSR count). The normalized spacial score (nSPS) is 30.3. The molecule has 18 heavy (non-hydrogen) atoms. The lowest BCUT2D eigenvalue weighted by Gasteiger charge is -2.40. The van der Waals surface area contributed by atoms with Crippen molar-refractivity contribution < 1.29 is 0 Å². The highest BCUT2D eigenvalue weighted by Gasteiger charge is 2.44. The van der Waals surface area contributed by atoms with Crippen molar-refractivity contribution in [1.29, 1.82) is 0 Å². The van der Waals surface area contributed by atoms with E-state index in [-0.39, 0.29) is 0 Å². The lowest BCUT2D eigenvalue weighted by molar-refractivity contribution is 0.227. The second-order valence-electron chi connectivity index (χ2n) is 6.29. The molecule has 0 aliphatic carbocycles. The van der Waals surface area contributed by atoms with E-state index in [4.69, 9.17) is 11.6 Å². The van der Waals surface area contributed by atoms with Crippen molar-refractivity contribution in [2.24, 2.45) is 11.3 Å². The Labute approximate surface area is 114 Å². The van der Waals surface area contributed by atoms with Crippen LogP contribution in [-0.2, 0) is 0 Å². The van der Waals surface area contributed by atoms with Gasteiger partial charge < -0.3 is 10.2 Å². The summed E-state index contributed by atoms with van der Waals surface area (Å²) in [6.07, 6.45) is 1.29. The Bertz CT molecular complexity index is 427. The molecular formula is C15H21ClN2. The SMILES string of the molecule is CC1(C)CNC2CN(c3ccc(Cl)cc3)CCC21. The van der Waals surface area contributed by atoms with Crippen LogP contribution in [0, 0.1) is 11.3 Å². The molecule has 1 aromatic rings. The van der Waals surface area contributed by atoms with E-state index in [1.165, 1.54) is 12.1 Å². The summed E-state index contributed by atoms with van der Waals surface area (Å²) in [5.41, 5.74) is 1.75. The Morgan fingerprint density at radius 1 is 1.28 bits per heavy atom. The number of hydrogen-bond acceptors (Lipinski definition) is 2. The summed E-state index contributed by atoms with van der Waals surface area (Å²) in [4.78, 5) is 2.48. The van der Waals surface area contributed by atoms with Crippen LogP contribution < -0.4 is 10.2 Å². The molecule has 0 spiro atoms. The Kier molecular flexibility index (Phi) is 3.03. The summed E-state index contributed by atoms with van der Waals surface area (Å²) in [5.74, 6) is 0.820. The van der Waals surface area contributed by atoms with Gasteiger partial charge in [-0.3, -0.25) is 0 Å². The van der Waals surface area contributed by atoms with Crippen molar-refractivity contribution in [3.63, 3.8) is 0 Å². The van der Waals surface area contributed by atoms with E-state index in [0.717, 1.165) is 30.6 Å². The van der Waals surface area contributed by atoms with Gasteiger partial charge >= 0.3 is 0 Å². The molecule has 2 atom stereocenters. The molecule has 3 heteroatoms. The highest BCUT2D eigenvalue weighted by Crippen LogP contribution is 2.40. The minimum absolute atomic E-state index is 0.455. The summed E-state index contributed by atoms with van der Waals surface area (Å²) < 4.78 is 0. The smallest absolute Gasteiger partial charge is 0.0407 e. The fourth-order valence-electron chi connectivity index (χ4n) is 3.51. The van der Waals surface area contributed by atoms with Gasteiger partial charge in [0.15, 0.2) is 0 Å². The molecule has 0 radical (unpaired) electrons. The predicted octanol–water partition coefficient (Wildman–Crippen LogP) is 3.16. The Morgan fingerprint density at radius 3 is 2.72 bits per heavy atom. The molecule has 2 heterocycles. The predicted molar refractivity (Wildman–Crippen MR) is 77.3 cm³/mol. The van der Waals surface area contributed by atoms with Gasteiger partial charge in [0.1, 0.15) is 0 Å². The van der Waals surface area contributed by atoms with Crippen LogP contribution in [0.5, 0.6) is 0 Å². The summed E-state index contributed by atoms with van der Waals surface area (Å²) in [6.45, 7) is 8.21. The molecule has 2 fully saturated rings. The van der Waals surface area contributed by atoms with Crippen LogP contribution in [0.15, 0.2) is 24.3 Å². The van der Waals surface area contributed by atoms with Crippen LogP contribution in [0.2, 0.25) is 5.02 Å². The van der Waals surface area contributed by atoms with E-state index in [9.17, 15) is 0 Å². The van der Waals surface area contributed by atoms with E-state index in [1.54, 1.807) is 0 Å². The maximum atomic E-state index is 5.95. The summed E-state index contributed by atoms with van der Waals surface area (Å²) in [7, 11) is 0. The number of halogens is 1. The third-order valence-corrected chi connectivity index (χ3v) is 4.88. The van der Waals surface area contributed by atoms with E-state index in [2.05, 4.69) is 36.2 Å². The first-order chi connectivity index (χ1) is 8.56. The first-order valence-electron chi connectivity index (χ1n) is 6.80. The second kappa shape index (κ2) is 4.43. The van der Waals surface area contributed by atoms with Crippen molar-refractivity contribution in [3.05, 3.63) is 29.3 Å². The molecule has 2 unspecified atom stereocenters. The Hall–Kier alpha value is -0.730. The van der Waals surface area contributed by atoms with Gasteiger partial charge in [-0.25, -0.2) is 0 Å². The first kappa shape index (κ1) is 12.3. The average molecular weight is 265 g/mol. The summed E-state index contributed by atoms with van der Waals surface area (Å²) in [6, 6.07) is 8.86. The van der Waals surface area contributed by atoms with Crippen LogP contribution in [-0.4, -0.2) is 25.7 Å². The monoisotopic (exact) mass is 264 g/mol. The zero-order valence-electron chi connectivity index (χ0n) is 11.1. The van der Waals surface area contributed by atoms with Gasteiger partial charge in [-0.1, -0.05) is 25.4 Å². The molecule has 0 aromatic heterocycles. The number of benzene rings is 1. The molecule has 98 valence electrons. The van der Waals surface area contributed by atoms with Gasteiger partial charge in [-0.2, -0.15) is 0 Å². The van der Waals surface area contributed by atoms with Crippen molar-refractivity contribution in [2.75, 3.05) is 24.5 Å². The third kappa shape index (κ3) is 2.12. The molecule has 0 bridgehead atoms. The summed E-state index contributed by atoms with van der Waals surface area (Å²) in [5, 5.41) is 4.51. The maximum Gasteiger partial charge on any atom is 0.0407 e. The largest absolute Gasteiger partial charge is 0.370 e. The summed E-state index contributed by atoms with van der Waals surface area (Å²) >= 11 is 5.95. The quantitative estimate of drug-likeness (QED) is 0.838. The standard InChI is InChI=1S/C15H21ClN2/c1-15(2)10-17-14-9-18(8-7-13(14)15)12-5-3-11(16)4-6-12/h3-6,13-14,17H,7-10H2,1-2H3. The first-order valence-corrected chi connectivity index (χ1v) is 7.18. The van der Waals surface area contributed by atoms with Gasteiger partial charge in [-0.05, 0) is 42.0 Å². The highest BCUT2D eigenvalue weighted by molar-refractivity contribution is 6.30. The van der Waals surface area contributed by atoms with E-state index >= 15 is 0 Å². The lowest BCUT2D eigenvalue weighted by Crippen LogP contribution is -2.47. The van der Waals surface area contributed by atoms with E-state index in [1.807, 2.05) is 12.1 Å². The number of nitrogens with one attached hydrogen (secondary N) is 1.